The van der Waals surface area contributed by atoms with E-state index in [0.717, 1.165) is 5.56 Å². The summed E-state index contributed by atoms with van der Waals surface area (Å²) in [5.74, 6) is 1.26. The summed E-state index contributed by atoms with van der Waals surface area (Å²) in [6.07, 6.45) is 0. The molecule has 2 aromatic rings. The van der Waals surface area contributed by atoms with Crippen LogP contribution in [0.15, 0.2) is 64.8 Å². The Hall–Kier alpha value is -3.22. The Morgan fingerprint density at radius 1 is 0.870 bits per heavy atom. The third-order valence-electron chi connectivity index (χ3n) is 3.65. The van der Waals surface area contributed by atoms with Crippen LogP contribution in [0.2, 0.25) is 0 Å². The number of rotatable bonds is 3. The molecule has 1 heterocycles. The second-order valence-electron chi connectivity index (χ2n) is 5.07. The van der Waals surface area contributed by atoms with Gasteiger partial charge in [-0.2, -0.15) is 0 Å². The number of hydrogen-bond donors (Lipinski definition) is 0. The maximum atomic E-state index is 10.9. The van der Waals surface area contributed by atoms with E-state index < -0.39 is 4.92 Å². The Morgan fingerprint density at radius 3 is 2.04 bits per heavy atom. The quantitative estimate of drug-likeness (QED) is 0.645. The topological polar surface area (TPSA) is 74.3 Å². The fourth-order valence-electron chi connectivity index (χ4n) is 2.34. The molecule has 0 bridgehead atoms. The van der Waals surface area contributed by atoms with Crippen molar-refractivity contribution >= 4 is 17.4 Å². The Kier molecular flexibility index (Phi) is 3.76. The monoisotopic (exact) mass is 309 g/mol. The van der Waals surface area contributed by atoms with Crippen LogP contribution in [0.5, 0.6) is 0 Å². The summed E-state index contributed by atoms with van der Waals surface area (Å²) in [6.45, 7) is 0. The Labute approximate surface area is 133 Å². The largest absolute Gasteiger partial charge is 0.270 e. The second kappa shape index (κ2) is 5.88. The SMILES string of the molecule is CN1C(c2ccccc2)=NN=C(c2cccc([N+](=O)[O-])c2)N1C. The van der Waals surface area contributed by atoms with Gasteiger partial charge in [0.2, 0.25) is 0 Å². The van der Waals surface area contributed by atoms with Crippen molar-refractivity contribution in [3.63, 3.8) is 0 Å². The molecule has 3 rings (SSSR count). The van der Waals surface area contributed by atoms with Gasteiger partial charge in [-0.25, -0.2) is 0 Å². The lowest BCUT2D eigenvalue weighted by Crippen LogP contribution is -2.47. The van der Waals surface area contributed by atoms with Gasteiger partial charge >= 0.3 is 0 Å². The highest BCUT2D eigenvalue weighted by Crippen LogP contribution is 2.19. The summed E-state index contributed by atoms with van der Waals surface area (Å²) in [6, 6.07) is 16.1. The van der Waals surface area contributed by atoms with Gasteiger partial charge in [0, 0.05) is 37.4 Å². The third-order valence-corrected chi connectivity index (χ3v) is 3.65. The van der Waals surface area contributed by atoms with Crippen LogP contribution in [0, 0.1) is 10.1 Å². The Bertz CT molecular complexity index is 801. The van der Waals surface area contributed by atoms with Crippen LogP contribution < -0.4 is 0 Å². The fourth-order valence-corrected chi connectivity index (χ4v) is 2.34. The number of nitrogens with zero attached hydrogens (tertiary/aromatic N) is 5. The molecule has 0 aromatic heterocycles. The van der Waals surface area contributed by atoms with E-state index in [-0.39, 0.29) is 5.69 Å². The van der Waals surface area contributed by atoms with Crippen molar-refractivity contribution in [2.24, 2.45) is 10.2 Å². The molecule has 1 aliphatic heterocycles. The molecule has 23 heavy (non-hydrogen) atoms. The lowest BCUT2D eigenvalue weighted by molar-refractivity contribution is -0.384. The molecule has 0 saturated carbocycles. The van der Waals surface area contributed by atoms with Crippen LogP contribution in [-0.4, -0.2) is 40.7 Å². The smallest absolute Gasteiger partial charge is 0.268 e. The molecule has 2 aromatic carbocycles. The predicted molar refractivity (Wildman–Crippen MR) is 88.1 cm³/mol. The molecule has 0 atom stereocenters. The lowest BCUT2D eigenvalue weighted by atomic mass is 10.1. The highest BCUT2D eigenvalue weighted by molar-refractivity contribution is 6.06. The Balaban J connectivity index is 2.01. The van der Waals surface area contributed by atoms with E-state index >= 15 is 0 Å². The maximum absolute atomic E-state index is 10.9. The highest BCUT2D eigenvalue weighted by Gasteiger charge is 2.23. The molecule has 0 aliphatic carbocycles. The van der Waals surface area contributed by atoms with Crippen LogP contribution in [0.25, 0.3) is 0 Å². The normalized spacial score (nSPS) is 14.3. The summed E-state index contributed by atoms with van der Waals surface area (Å²) >= 11 is 0. The molecule has 0 amide bonds. The first-order valence-corrected chi connectivity index (χ1v) is 7.01. The predicted octanol–water partition coefficient (Wildman–Crippen LogP) is 2.50. The summed E-state index contributed by atoms with van der Waals surface area (Å²) in [7, 11) is 3.72. The van der Waals surface area contributed by atoms with Crippen LogP contribution in [0.1, 0.15) is 11.1 Å². The first-order valence-electron chi connectivity index (χ1n) is 7.01. The van der Waals surface area contributed by atoms with Crippen molar-refractivity contribution in [3.8, 4) is 0 Å². The first kappa shape index (κ1) is 14.7. The molecule has 0 fully saturated rings. The van der Waals surface area contributed by atoms with Crippen molar-refractivity contribution in [3.05, 3.63) is 75.8 Å². The van der Waals surface area contributed by atoms with E-state index in [1.165, 1.54) is 12.1 Å². The van der Waals surface area contributed by atoms with Gasteiger partial charge in [0.1, 0.15) is 0 Å². The molecule has 0 unspecified atom stereocenters. The number of hydrazine groups is 1. The van der Waals surface area contributed by atoms with Crippen molar-refractivity contribution in [1.29, 1.82) is 0 Å². The molecular formula is C16H15N5O2. The van der Waals surface area contributed by atoms with E-state index in [1.54, 1.807) is 12.1 Å². The Morgan fingerprint density at radius 2 is 1.43 bits per heavy atom. The van der Waals surface area contributed by atoms with Crippen LogP contribution >= 0.6 is 0 Å². The first-order chi connectivity index (χ1) is 11.1. The van der Waals surface area contributed by atoms with Crippen LogP contribution in [0.4, 0.5) is 5.69 Å². The number of benzene rings is 2. The maximum Gasteiger partial charge on any atom is 0.270 e. The van der Waals surface area contributed by atoms with Crippen LogP contribution in [0.3, 0.4) is 0 Å². The zero-order valence-corrected chi connectivity index (χ0v) is 12.7. The van der Waals surface area contributed by atoms with Crippen LogP contribution in [-0.2, 0) is 0 Å². The van der Waals surface area contributed by atoms with E-state index in [9.17, 15) is 10.1 Å². The molecule has 116 valence electrons. The van der Waals surface area contributed by atoms with Gasteiger partial charge in [-0.1, -0.05) is 42.5 Å². The van der Waals surface area contributed by atoms with Gasteiger partial charge in [-0.3, -0.25) is 20.1 Å². The molecule has 7 heteroatoms. The molecule has 7 nitrogen and oxygen atoms in total. The van der Waals surface area contributed by atoms with E-state index in [1.807, 2.05) is 54.4 Å². The summed E-state index contributed by atoms with van der Waals surface area (Å²) < 4.78 is 0. The molecule has 0 N–H and O–H groups in total. The van der Waals surface area contributed by atoms with Gasteiger partial charge in [0.05, 0.1) is 4.92 Å². The van der Waals surface area contributed by atoms with Gasteiger partial charge in [-0.15, -0.1) is 10.2 Å². The van der Waals surface area contributed by atoms with E-state index in [0.29, 0.717) is 17.2 Å². The summed E-state index contributed by atoms with van der Waals surface area (Å²) in [4.78, 5) is 10.5. The van der Waals surface area contributed by atoms with E-state index in [4.69, 9.17) is 0 Å². The minimum absolute atomic E-state index is 0.0269. The van der Waals surface area contributed by atoms with Crippen molar-refractivity contribution in [2.75, 3.05) is 14.1 Å². The standard InChI is InChI=1S/C16H15N5O2/c1-19-15(12-7-4-3-5-8-12)17-18-16(20(19)2)13-9-6-10-14(11-13)21(22)23/h3-11H,1-2H3. The molecule has 0 saturated heterocycles. The number of non-ortho nitro benzene ring substituents is 1. The fraction of sp³-hybridized carbons (Fsp3) is 0.125. The summed E-state index contributed by atoms with van der Waals surface area (Å²) in [5.41, 5.74) is 1.62. The highest BCUT2D eigenvalue weighted by atomic mass is 16.6. The summed E-state index contributed by atoms with van der Waals surface area (Å²) in [5, 5.41) is 23.1. The van der Waals surface area contributed by atoms with Gasteiger partial charge < -0.3 is 0 Å². The molecule has 0 radical (unpaired) electrons. The third kappa shape index (κ3) is 2.76. The van der Waals surface area contributed by atoms with Crippen molar-refractivity contribution in [2.45, 2.75) is 0 Å². The zero-order valence-electron chi connectivity index (χ0n) is 12.7. The second-order valence-corrected chi connectivity index (χ2v) is 5.07. The van der Waals surface area contributed by atoms with Gasteiger partial charge in [0.25, 0.3) is 5.69 Å². The molecular weight excluding hydrogens is 294 g/mol. The van der Waals surface area contributed by atoms with Crippen molar-refractivity contribution < 1.29 is 4.92 Å². The van der Waals surface area contributed by atoms with E-state index in [2.05, 4.69) is 10.2 Å². The van der Waals surface area contributed by atoms with Gasteiger partial charge in [0.15, 0.2) is 11.7 Å². The number of amidine groups is 2. The lowest BCUT2D eigenvalue weighted by Gasteiger charge is -2.35. The average Bonchev–Trinajstić information content (AvgIpc) is 2.58. The number of hydrogen-bond acceptors (Lipinski definition) is 6. The zero-order chi connectivity index (χ0) is 16.4. The molecule has 0 spiro atoms. The average molecular weight is 309 g/mol. The number of nitro benzene ring substituents is 1. The minimum atomic E-state index is -0.421. The molecule has 1 aliphatic rings. The number of nitro groups is 1. The minimum Gasteiger partial charge on any atom is -0.268 e. The van der Waals surface area contributed by atoms with Gasteiger partial charge in [-0.05, 0) is 0 Å². The van der Waals surface area contributed by atoms with Crippen molar-refractivity contribution in [1.82, 2.24) is 10.0 Å².